The van der Waals surface area contributed by atoms with Crippen LogP contribution in [0.4, 0.5) is 17.5 Å². The first-order valence-electron chi connectivity index (χ1n) is 7.97. The Balaban J connectivity index is -0.000000648. The van der Waals surface area contributed by atoms with E-state index in [0.717, 1.165) is 0 Å². The molecule has 1 saturated heterocycles. The zero-order chi connectivity index (χ0) is 23.0. The van der Waals surface area contributed by atoms with Crippen LogP contribution in [0.2, 0.25) is 0 Å². The monoisotopic (exact) mass is 545 g/mol. The van der Waals surface area contributed by atoms with Crippen molar-refractivity contribution in [3.8, 4) is 0 Å². The topological polar surface area (TPSA) is 412 Å². The Morgan fingerprint density at radius 1 is 1.12 bits per heavy atom. The molecule has 0 spiro atoms. The van der Waals surface area contributed by atoms with Gasteiger partial charge in [-0.1, -0.05) is 0 Å². The van der Waals surface area contributed by atoms with Gasteiger partial charge in [-0.05, 0) is 0 Å². The number of aromatic nitrogens is 2. The first-order chi connectivity index (χ1) is 13.6. The minimum atomic E-state index is -5.05. The van der Waals surface area contributed by atoms with Crippen LogP contribution in [0.25, 0.3) is 0 Å². The highest BCUT2D eigenvalue weighted by Crippen LogP contribution is 2.53. The fraction of sp³-hybridized carbons (Fsp3) is 0.636. The highest BCUT2D eigenvalue weighted by atomic mass is 31.3. The number of rotatable bonds is 4. The summed E-state index contributed by atoms with van der Waals surface area (Å²) >= 11 is 0. The van der Waals surface area contributed by atoms with Crippen molar-refractivity contribution in [3.05, 3.63) is 10.4 Å². The number of nitrogen functional groups attached to an aromatic ring is 1. The Labute approximate surface area is 192 Å². The molecule has 1 aromatic rings. The molecule has 4 atom stereocenters. The molecule has 23 heteroatoms. The van der Waals surface area contributed by atoms with Crippen LogP contribution in [-0.4, -0.2) is 89.7 Å². The maximum absolute atomic E-state index is 11.9. The minimum absolute atomic E-state index is 0. The number of hydrogen-bond donors (Lipinski definition) is 13. The molecule has 0 aliphatic carbocycles. The maximum atomic E-state index is 11.9. The number of nitrogens with one attached hydrogen (secondary N) is 1. The zero-order valence-electron chi connectivity index (χ0n) is 18.0. The summed E-state index contributed by atoms with van der Waals surface area (Å²) in [7, 11) is -8.41. The molecule has 22 N–H and O–H groups in total. The molecule has 0 amide bonds. The first kappa shape index (κ1) is 36.8. The van der Waals surface area contributed by atoms with Crippen molar-refractivity contribution >= 4 is 33.1 Å². The summed E-state index contributed by atoms with van der Waals surface area (Å²) in [4.78, 5) is 52.6. The Morgan fingerprint density at radius 2 is 1.62 bits per heavy atom. The highest BCUT2D eigenvalue weighted by molar-refractivity contribution is 7.60. The summed E-state index contributed by atoms with van der Waals surface area (Å²) in [6.07, 6.45) is -4.26. The van der Waals surface area contributed by atoms with Crippen LogP contribution in [-0.2, 0) is 18.2 Å². The molecule has 0 bridgehead atoms. The van der Waals surface area contributed by atoms with E-state index in [-0.39, 0.29) is 43.0 Å². The fourth-order valence-electron chi connectivity index (χ4n) is 2.86. The van der Waals surface area contributed by atoms with E-state index in [4.69, 9.17) is 35.2 Å². The molecule has 0 saturated carbocycles. The van der Waals surface area contributed by atoms with Gasteiger partial charge in [-0.15, -0.1) is 0 Å². The average molecular weight is 545 g/mol. The predicted molar refractivity (Wildman–Crippen MR) is 118 cm³/mol. The molecule has 21 nitrogen and oxygen atoms in total. The van der Waals surface area contributed by atoms with Gasteiger partial charge in [-0.3, -0.25) is 9.78 Å². The number of ether oxygens (including phenoxy) is 1. The van der Waals surface area contributed by atoms with E-state index in [1.165, 1.54) is 4.90 Å². The summed E-state index contributed by atoms with van der Waals surface area (Å²) in [5, 5.41) is 29.0. The van der Waals surface area contributed by atoms with Gasteiger partial charge in [0.05, 0.1) is 13.3 Å². The molecule has 204 valence electrons. The van der Waals surface area contributed by atoms with Crippen LogP contribution in [0.15, 0.2) is 4.79 Å². The largest absolute Gasteiger partial charge is 0.478 e. The lowest BCUT2D eigenvalue weighted by molar-refractivity contribution is -0.0221. The van der Waals surface area contributed by atoms with Gasteiger partial charge in [0.15, 0.2) is 12.0 Å². The van der Waals surface area contributed by atoms with Crippen LogP contribution in [0.1, 0.15) is 0 Å². The molecule has 1 aromatic heterocycles. The molecular weight excluding hydrogens is 512 g/mol. The summed E-state index contributed by atoms with van der Waals surface area (Å²) in [5.74, 6) is 0.222. The summed E-state index contributed by atoms with van der Waals surface area (Å²) in [6, 6.07) is 0. The van der Waals surface area contributed by atoms with Crippen LogP contribution in [0.3, 0.4) is 0 Å². The van der Waals surface area contributed by atoms with E-state index >= 15 is 0 Å². The first-order valence-corrected chi connectivity index (χ1v) is 11.0. The van der Waals surface area contributed by atoms with Crippen molar-refractivity contribution in [2.75, 3.05) is 35.9 Å². The van der Waals surface area contributed by atoms with E-state index in [1.54, 1.807) is 11.9 Å². The second kappa shape index (κ2) is 13.3. The van der Waals surface area contributed by atoms with Crippen molar-refractivity contribution in [1.82, 2.24) is 34.6 Å². The SMILES string of the molecule is CN1CN([C@@H]2O[C@H](CO)[C@@H](O)[C@H]2O)c2nc(N)[nH]c(=O)c21.N.N.N.N.O=P(O)(O)OP(=O)(O)O. The van der Waals surface area contributed by atoms with E-state index in [0.29, 0.717) is 5.69 Å². The van der Waals surface area contributed by atoms with Gasteiger partial charge in [-0.25, -0.2) is 9.13 Å². The molecule has 3 heterocycles. The van der Waals surface area contributed by atoms with Gasteiger partial charge in [-0.2, -0.15) is 9.29 Å². The minimum Gasteiger partial charge on any atom is -0.394 e. The lowest BCUT2D eigenvalue weighted by atomic mass is 10.1. The van der Waals surface area contributed by atoms with E-state index in [9.17, 15) is 24.1 Å². The molecule has 1 fully saturated rings. The van der Waals surface area contributed by atoms with Gasteiger partial charge >= 0.3 is 15.6 Å². The van der Waals surface area contributed by atoms with Crippen LogP contribution < -0.4 is 45.7 Å². The molecule has 34 heavy (non-hydrogen) atoms. The third-order valence-corrected chi connectivity index (χ3v) is 5.65. The van der Waals surface area contributed by atoms with Crippen molar-refractivity contribution in [3.63, 3.8) is 0 Å². The standard InChI is InChI=1S/C11H17N5O5.4H3N.H4O7P2/c1-15-3-16(8-5(15)9(20)14-11(12)13-8)10-7(19)6(18)4(2-17)21-10;;;;;1-8(2,3)7-9(4,5)6/h4,6-7,10,17-19H,2-3H2,1H3,(H3,12,13,14,20);4*1H3;(H2,1,2,3)(H2,4,5,6)/t4-,6-,7-,10-;;;;;/m1...../s1. The van der Waals surface area contributed by atoms with Crippen LogP contribution in [0, 0.1) is 0 Å². The van der Waals surface area contributed by atoms with Crippen molar-refractivity contribution in [2.45, 2.75) is 24.5 Å². The number of hydrogen-bond acceptors (Lipinski definition) is 16. The number of anilines is 3. The summed E-state index contributed by atoms with van der Waals surface area (Å²) in [5.41, 5.74) is 5.46. The zero-order valence-corrected chi connectivity index (χ0v) is 19.8. The molecule has 0 aromatic carbocycles. The van der Waals surface area contributed by atoms with Crippen molar-refractivity contribution in [1.29, 1.82) is 0 Å². The second-order valence-corrected chi connectivity index (χ2v) is 8.84. The fourth-order valence-corrected chi connectivity index (χ4v) is 3.97. The number of nitrogens with two attached hydrogens (primary N) is 1. The molecule has 0 unspecified atom stereocenters. The number of aromatic amines is 1. The number of aliphatic hydroxyl groups excluding tert-OH is 3. The van der Waals surface area contributed by atoms with Gasteiger partial charge in [0, 0.05) is 7.05 Å². The third kappa shape index (κ3) is 8.78. The smallest absolute Gasteiger partial charge is 0.394 e. The third-order valence-electron chi connectivity index (χ3n) is 3.95. The summed E-state index contributed by atoms with van der Waals surface area (Å²) < 4.78 is 27.7. The van der Waals surface area contributed by atoms with Crippen LogP contribution in [0.5, 0.6) is 0 Å². The number of H-pyrrole nitrogens is 1. The predicted octanol–water partition coefficient (Wildman–Crippen LogP) is -3.16. The van der Waals surface area contributed by atoms with E-state index in [2.05, 4.69) is 14.3 Å². The molecule has 0 radical (unpaired) electrons. The Hall–Kier alpha value is -1.78. The van der Waals surface area contributed by atoms with E-state index in [1.807, 2.05) is 0 Å². The Kier molecular flexibility index (Phi) is 14.4. The lowest BCUT2D eigenvalue weighted by Crippen LogP contribution is -2.45. The maximum Gasteiger partial charge on any atom is 0.478 e. The summed E-state index contributed by atoms with van der Waals surface area (Å²) in [6.45, 7) is -0.183. The second-order valence-electron chi connectivity index (χ2n) is 6.22. The van der Waals surface area contributed by atoms with Crippen molar-refractivity contribution < 1.29 is 53.1 Å². The number of aliphatic hydroxyl groups is 3. The number of nitrogens with zero attached hydrogens (tertiary/aromatic N) is 3. The lowest BCUT2D eigenvalue weighted by Gasteiger charge is -2.27. The van der Waals surface area contributed by atoms with Crippen LogP contribution >= 0.6 is 15.6 Å². The highest BCUT2D eigenvalue weighted by Gasteiger charge is 2.48. The Morgan fingerprint density at radius 3 is 2.00 bits per heavy atom. The van der Waals surface area contributed by atoms with E-state index < -0.39 is 52.4 Å². The normalized spacial score (nSPS) is 23.3. The Bertz CT molecular complexity index is 905. The van der Waals surface area contributed by atoms with Crippen molar-refractivity contribution in [2.24, 2.45) is 0 Å². The number of phosphoric acid groups is 2. The van der Waals surface area contributed by atoms with Gasteiger partial charge < -0.3 is 79.8 Å². The molecule has 2 aliphatic heterocycles. The van der Waals surface area contributed by atoms with Gasteiger partial charge in [0.2, 0.25) is 5.95 Å². The number of fused-ring (bicyclic) bond motifs is 1. The molecule has 3 rings (SSSR count). The average Bonchev–Trinajstić information content (AvgIpc) is 3.02. The molecular formula is C11H33N9O12P2. The quantitative estimate of drug-likeness (QED) is 0.166. The van der Waals surface area contributed by atoms with Gasteiger partial charge in [0.1, 0.15) is 24.0 Å². The van der Waals surface area contributed by atoms with Gasteiger partial charge in [0.25, 0.3) is 5.56 Å². The molecule has 2 aliphatic rings.